The van der Waals surface area contributed by atoms with Gasteiger partial charge in [0.2, 0.25) is 0 Å². The van der Waals surface area contributed by atoms with E-state index in [1.165, 1.54) is 5.56 Å². The molecule has 32 heavy (non-hydrogen) atoms. The van der Waals surface area contributed by atoms with Crippen LogP contribution in [0, 0.1) is 6.92 Å². The van der Waals surface area contributed by atoms with E-state index in [4.69, 9.17) is 4.74 Å². The summed E-state index contributed by atoms with van der Waals surface area (Å²) >= 11 is 0. The molecule has 1 N–H and O–H groups in total. The fraction of sp³-hybridized carbons (Fsp3) is 0.250. The molecule has 4 rings (SSSR count). The molecule has 164 valence electrons. The Kier molecular flexibility index (Phi) is 6.04. The van der Waals surface area contributed by atoms with E-state index in [1.54, 1.807) is 12.0 Å². The highest BCUT2D eigenvalue weighted by Crippen LogP contribution is 2.44. The van der Waals surface area contributed by atoms with Crippen LogP contribution in [0.2, 0.25) is 0 Å². The summed E-state index contributed by atoms with van der Waals surface area (Å²) in [5.41, 5.74) is 5.79. The zero-order chi connectivity index (χ0) is 22.8. The number of ether oxygens (including phenoxy) is 1. The molecule has 1 atom stereocenters. The summed E-state index contributed by atoms with van der Waals surface area (Å²) in [6, 6.07) is 23.6. The molecular formula is C28H29NO3. The van der Waals surface area contributed by atoms with Crippen molar-refractivity contribution in [2.24, 2.45) is 0 Å². The van der Waals surface area contributed by atoms with Gasteiger partial charge in [0.25, 0.3) is 5.91 Å². The predicted octanol–water partition coefficient (Wildman–Crippen LogP) is 6.18. The fourth-order valence-corrected chi connectivity index (χ4v) is 4.22. The zero-order valence-electron chi connectivity index (χ0n) is 19.0. The molecule has 4 heteroatoms. The van der Waals surface area contributed by atoms with Crippen LogP contribution in [0.1, 0.15) is 53.6 Å². The molecule has 1 amide bonds. The SMILES string of the molecule is COc1cccc(CN2C(=O)C(O)=C(c3ccc(C)cc3)[C@H]2c2ccc(C(C)C)cc2)c1. The number of aliphatic hydroxyl groups is 1. The van der Waals surface area contributed by atoms with Gasteiger partial charge in [-0.15, -0.1) is 0 Å². The number of hydrogen-bond acceptors (Lipinski definition) is 3. The van der Waals surface area contributed by atoms with E-state index in [0.717, 1.165) is 28.0 Å². The smallest absolute Gasteiger partial charge is 0.290 e. The third kappa shape index (κ3) is 4.13. The second kappa shape index (κ2) is 8.91. The maximum atomic E-state index is 13.3. The van der Waals surface area contributed by atoms with Gasteiger partial charge in [0, 0.05) is 12.1 Å². The molecule has 0 radical (unpaired) electrons. The second-order valence-electron chi connectivity index (χ2n) is 8.64. The molecule has 1 heterocycles. The first-order valence-corrected chi connectivity index (χ1v) is 10.9. The minimum absolute atomic E-state index is 0.185. The number of carbonyl (C=O) groups excluding carboxylic acids is 1. The third-order valence-electron chi connectivity index (χ3n) is 6.07. The molecule has 0 spiro atoms. The standard InChI is InChI=1S/C28H29NO3/c1-18(2)21-12-14-23(15-13-21)26-25(22-10-8-19(3)9-11-22)27(30)28(31)29(26)17-20-6-5-7-24(16-20)32-4/h5-16,18,26,30H,17H2,1-4H3/t26-/m1/s1. The van der Waals surface area contributed by atoms with Crippen molar-refractivity contribution in [1.29, 1.82) is 0 Å². The summed E-state index contributed by atoms with van der Waals surface area (Å²) < 4.78 is 5.35. The van der Waals surface area contributed by atoms with Crippen LogP contribution in [0.5, 0.6) is 5.75 Å². The average molecular weight is 428 g/mol. The van der Waals surface area contributed by atoms with Gasteiger partial charge in [-0.05, 0) is 47.2 Å². The summed E-state index contributed by atoms with van der Waals surface area (Å²) in [5, 5.41) is 11.0. The Bertz CT molecular complexity index is 1140. The van der Waals surface area contributed by atoms with E-state index in [0.29, 0.717) is 18.0 Å². The molecule has 0 bridgehead atoms. The Labute approximate surface area is 189 Å². The van der Waals surface area contributed by atoms with Crippen molar-refractivity contribution < 1.29 is 14.6 Å². The van der Waals surface area contributed by atoms with Crippen molar-refractivity contribution in [3.8, 4) is 5.75 Å². The maximum Gasteiger partial charge on any atom is 0.290 e. The van der Waals surface area contributed by atoms with Crippen molar-refractivity contribution in [2.75, 3.05) is 7.11 Å². The van der Waals surface area contributed by atoms with Crippen molar-refractivity contribution in [2.45, 2.75) is 39.3 Å². The quantitative estimate of drug-likeness (QED) is 0.511. The predicted molar refractivity (Wildman–Crippen MR) is 128 cm³/mol. The van der Waals surface area contributed by atoms with Gasteiger partial charge in [-0.2, -0.15) is 0 Å². The molecule has 1 aliphatic rings. The van der Waals surface area contributed by atoms with Crippen LogP contribution in [0.25, 0.3) is 5.57 Å². The number of benzene rings is 3. The van der Waals surface area contributed by atoms with Gasteiger partial charge in [0.1, 0.15) is 5.75 Å². The largest absolute Gasteiger partial charge is 0.503 e. The number of hydrogen-bond donors (Lipinski definition) is 1. The first-order valence-electron chi connectivity index (χ1n) is 10.9. The normalized spacial score (nSPS) is 16.2. The molecule has 0 saturated carbocycles. The Morgan fingerprint density at radius 1 is 1.00 bits per heavy atom. The van der Waals surface area contributed by atoms with Gasteiger partial charge < -0.3 is 14.7 Å². The number of methoxy groups -OCH3 is 1. The minimum Gasteiger partial charge on any atom is -0.503 e. The van der Waals surface area contributed by atoms with E-state index in [2.05, 4.69) is 38.1 Å². The highest BCUT2D eigenvalue weighted by Gasteiger charge is 2.41. The van der Waals surface area contributed by atoms with Gasteiger partial charge in [-0.3, -0.25) is 4.79 Å². The van der Waals surface area contributed by atoms with Gasteiger partial charge in [-0.25, -0.2) is 0 Å². The summed E-state index contributed by atoms with van der Waals surface area (Å²) in [6.45, 7) is 6.71. The molecular weight excluding hydrogens is 398 g/mol. The summed E-state index contributed by atoms with van der Waals surface area (Å²) in [5.74, 6) is 0.613. The second-order valence-corrected chi connectivity index (χ2v) is 8.64. The molecule has 0 aliphatic carbocycles. The first kappa shape index (κ1) is 21.7. The average Bonchev–Trinajstić information content (AvgIpc) is 3.05. The summed E-state index contributed by atoms with van der Waals surface area (Å²) in [7, 11) is 1.63. The lowest BCUT2D eigenvalue weighted by atomic mass is 9.91. The topological polar surface area (TPSA) is 49.8 Å². The van der Waals surface area contributed by atoms with Gasteiger partial charge in [0.05, 0.1) is 13.2 Å². The van der Waals surface area contributed by atoms with Gasteiger partial charge >= 0.3 is 0 Å². The Morgan fingerprint density at radius 3 is 2.31 bits per heavy atom. The number of aryl methyl sites for hydroxylation is 1. The molecule has 0 saturated heterocycles. The highest BCUT2D eigenvalue weighted by atomic mass is 16.5. The van der Waals surface area contributed by atoms with Crippen LogP contribution in [0.4, 0.5) is 0 Å². The van der Waals surface area contributed by atoms with Crippen molar-refractivity contribution in [1.82, 2.24) is 4.90 Å². The van der Waals surface area contributed by atoms with Crippen LogP contribution < -0.4 is 4.74 Å². The Morgan fingerprint density at radius 2 is 1.69 bits per heavy atom. The van der Waals surface area contributed by atoms with Gasteiger partial charge in [-0.1, -0.05) is 80.1 Å². The third-order valence-corrected chi connectivity index (χ3v) is 6.07. The summed E-state index contributed by atoms with van der Waals surface area (Å²) in [4.78, 5) is 15.0. The fourth-order valence-electron chi connectivity index (χ4n) is 4.22. The lowest BCUT2D eigenvalue weighted by Crippen LogP contribution is -2.29. The van der Waals surface area contributed by atoms with Crippen LogP contribution in [0.15, 0.2) is 78.6 Å². The highest BCUT2D eigenvalue weighted by molar-refractivity contribution is 6.05. The minimum atomic E-state index is -0.377. The number of carbonyl (C=O) groups is 1. The van der Waals surface area contributed by atoms with E-state index in [-0.39, 0.29) is 17.7 Å². The Balaban J connectivity index is 1.79. The van der Waals surface area contributed by atoms with Crippen LogP contribution in [-0.2, 0) is 11.3 Å². The van der Waals surface area contributed by atoms with Gasteiger partial charge in [0.15, 0.2) is 5.76 Å². The van der Waals surface area contributed by atoms with E-state index in [9.17, 15) is 9.90 Å². The first-order chi connectivity index (χ1) is 15.4. The van der Waals surface area contributed by atoms with Crippen LogP contribution in [-0.4, -0.2) is 23.0 Å². The number of aliphatic hydroxyl groups excluding tert-OH is 1. The lowest BCUT2D eigenvalue weighted by Gasteiger charge is -2.28. The number of amides is 1. The zero-order valence-corrected chi connectivity index (χ0v) is 19.0. The maximum absolute atomic E-state index is 13.3. The molecule has 3 aromatic carbocycles. The monoisotopic (exact) mass is 427 g/mol. The van der Waals surface area contributed by atoms with E-state index in [1.807, 2.05) is 55.5 Å². The van der Waals surface area contributed by atoms with E-state index < -0.39 is 0 Å². The summed E-state index contributed by atoms with van der Waals surface area (Å²) in [6.07, 6.45) is 0. The molecule has 3 aromatic rings. The van der Waals surface area contributed by atoms with Crippen molar-refractivity contribution in [3.05, 3.63) is 106 Å². The molecule has 0 aromatic heterocycles. The number of nitrogens with zero attached hydrogens (tertiary/aromatic N) is 1. The molecule has 0 fully saturated rings. The van der Waals surface area contributed by atoms with Crippen molar-refractivity contribution >= 4 is 11.5 Å². The van der Waals surface area contributed by atoms with Crippen LogP contribution in [0.3, 0.4) is 0 Å². The lowest BCUT2D eigenvalue weighted by molar-refractivity contribution is -0.130. The molecule has 0 unspecified atom stereocenters. The molecule has 4 nitrogen and oxygen atoms in total. The van der Waals surface area contributed by atoms with E-state index >= 15 is 0 Å². The van der Waals surface area contributed by atoms with Crippen molar-refractivity contribution in [3.63, 3.8) is 0 Å². The molecule has 1 aliphatic heterocycles. The number of rotatable bonds is 6. The Hall–Kier alpha value is -3.53. The van der Waals surface area contributed by atoms with Crippen LogP contribution >= 0.6 is 0 Å².